The van der Waals surface area contributed by atoms with Gasteiger partial charge in [-0.1, -0.05) is 30.3 Å². The Balaban J connectivity index is 1.44. The van der Waals surface area contributed by atoms with E-state index in [1.807, 2.05) is 54.3 Å². The molecule has 0 spiro atoms. The van der Waals surface area contributed by atoms with Gasteiger partial charge in [0.2, 0.25) is 0 Å². The minimum absolute atomic E-state index is 0.0878. The van der Waals surface area contributed by atoms with Crippen LogP contribution in [0.2, 0.25) is 0 Å². The van der Waals surface area contributed by atoms with E-state index in [4.69, 9.17) is 9.47 Å². The van der Waals surface area contributed by atoms with E-state index >= 15 is 0 Å². The standard InChI is InChI=1S/C19H22N4O3/c1-22-8-9-23-19(22)15(11-20-23)18(24)21-16-7-10-25-13-17(16)26-12-14-5-3-2-4-6-14/h2-6,8-9,11,16-17H,7,10,12-13H2,1H3,(H,21,24)/t16-,17-/m1/s1. The Bertz CT molecular complexity index is 887. The summed E-state index contributed by atoms with van der Waals surface area (Å²) in [4.78, 5) is 12.8. The quantitative estimate of drug-likeness (QED) is 0.758. The van der Waals surface area contributed by atoms with Crippen LogP contribution in [0.3, 0.4) is 0 Å². The number of carbonyl (C=O) groups is 1. The maximum Gasteiger partial charge on any atom is 0.257 e. The van der Waals surface area contributed by atoms with Crippen LogP contribution in [0, 0.1) is 0 Å². The lowest BCUT2D eigenvalue weighted by Crippen LogP contribution is -2.50. The van der Waals surface area contributed by atoms with Gasteiger partial charge in [-0.3, -0.25) is 4.79 Å². The van der Waals surface area contributed by atoms with E-state index in [0.29, 0.717) is 25.4 Å². The molecule has 2 aromatic heterocycles. The summed E-state index contributed by atoms with van der Waals surface area (Å²) in [5.41, 5.74) is 2.44. The van der Waals surface area contributed by atoms with Crippen LogP contribution in [0.25, 0.3) is 5.65 Å². The number of imidazole rings is 1. The first kappa shape index (κ1) is 16.8. The van der Waals surface area contributed by atoms with Crippen LogP contribution >= 0.6 is 0 Å². The second kappa shape index (κ2) is 7.31. The summed E-state index contributed by atoms with van der Waals surface area (Å²) >= 11 is 0. The summed E-state index contributed by atoms with van der Waals surface area (Å²) in [6.07, 6.45) is 5.85. The van der Waals surface area contributed by atoms with Crippen LogP contribution < -0.4 is 5.32 Å². The van der Waals surface area contributed by atoms with Crippen LogP contribution in [0.5, 0.6) is 0 Å². The molecule has 0 aliphatic carbocycles. The van der Waals surface area contributed by atoms with E-state index in [1.165, 1.54) is 0 Å². The van der Waals surface area contributed by atoms with E-state index in [2.05, 4.69) is 10.4 Å². The van der Waals surface area contributed by atoms with Crippen molar-refractivity contribution in [2.45, 2.75) is 25.2 Å². The molecule has 0 unspecified atom stereocenters. The highest BCUT2D eigenvalue weighted by Crippen LogP contribution is 2.16. The van der Waals surface area contributed by atoms with Crippen molar-refractivity contribution in [2.24, 2.45) is 7.05 Å². The average molecular weight is 354 g/mol. The van der Waals surface area contributed by atoms with E-state index in [1.54, 1.807) is 10.7 Å². The second-order valence-electron chi connectivity index (χ2n) is 6.51. The first-order chi connectivity index (χ1) is 12.7. The van der Waals surface area contributed by atoms with Gasteiger partial charge in [0, 0.05) is 26.0 Å². The molecular formula is C19H22N4O3. The zero-order chi connectivity index (χ0) is 17.9. The van der Waals surface area contributed by atoms with Crippen molar-refractivity contribution in [1.82, 2.24) is 19.5 Å². The SMILES string of the molecule is Cn1ccn2ncc(C(=O)N[C@@H]3CCOC[C@H]3OCc3ccccc3)c12. The van der Waals surface area contributed by atoms with Crippen LogP contribution in [-0.2, 0) is 23.1 Å². The van der Waals surface area contributed by atoms with E-state index in [-0.39, 0.29) is 18.1 Å². The molecule has 1 fully saturated rings. The fourth-order valence-electron chi connectivity index (χ4n) is 3.28. The Hall–Kier alpha value is -2.64. The molecule has 1 aliphatic rings. The van der Waals surface area contributed by atoms with E-state index in [0.717, 1.165) is 17.6 Å². The number of hydrogen-bond acceptors (Lipinski definition) is 4. The fraction of sp³-hybridized carbons (Fsp3) is 0.368. The van der Waals surface area contributed by atoms with Gasteiger partial charge in [-0.15, -0.1) is 0 Å². The molecule has 26 heavy (non-hydrogen) atoms. The Kier molecular flexibility index (Phi) is 4.73. The topological polar surface area (TPSA) is 69.8 Å². The number of fused-ring (bicyclic) bond motifs is 1. The lowest BCUT2D eigenvalue weighted by molar-refractivity contribution is -0.0736. The van der Waals surface area contributed by atoms with Gasteiger partial charge in [0.25, 0.3) is 5.91 Å². The Labute approximate surface area is 151 Å². The second-order valence-corrected chi connectivity index (χ2v) is 6.51. The number of ether oxygens (including phenoxy) is 2. The third-order valence-corrected chi connectivity index (χ3v) is 4.71. The van der Waals surface area contributed by atoms with Crippen molar-refractivity contribution in [3.8, 4) is 0 Å². The van der Waals surface area contributed by atoms with Gasteiger partial charge >= 0.3 is 0 Å². The summed E-state index contributed by atoms with van der Waals surface area (Å²) in [6.45, 7) is 1.59. The van der Waals surface area contributed by atoms with Crippen molar-refractivity contribution < 1.29 is 14.3 Å². The highest BCUT2D eigenvalue weighted by Gasteiger charge is 2.29. The largest absolute Gasteiger partial charge is 0.379 e. The van der Waals surface area contributed by atoms with Gasteiger partial charge in [-0.25, -0.2) is 4.52 Å². The summed E-state index contributed by atoms with van der Waals surface area (Å²) in [5.74, 6) is -0.137. The highest BCUT2D eigenvalue weighted by atomic mass is 16.5. The zero-order valence-electron chi connectivity index (χ0n) is 14.7. The number of amides is 1. The average Bonchev–Trinajstić information content (AvgIpc) is 3.25. The van der Waals surface area contributed by atoms with Crippen molar-refractivity contribution in [3.63, 3.8) is 0 Å². The molecule has 2 atom stereocenters. The molecule has 136 valence electrons. The lowest BCUT2D eigenvalue weighted by Gasteiger charge is -2.32. The third-order valence-electron chi connectivity index (χ3n) is 4.71. The van der Waals surface area contributed by atoms with E-state index in [9.17, 15) is 4.79 Å². The molecule has 1 amide bonds. The van der Waals surface area contributed by atoms with Crippen molar-refractivity contribution in [2.75, 3.05) is 13.2 Å². The number of carbonyl (C=O) groups excluding carboxylic acids is 1. The minimum Gasteiger partial charge on any atom is -0.379 e. The fourth-order valence-corrected chi connectivity index (χ4v) is 3.28. The van der Waals surface area contributed by atoms with Gasteiger partial charge < -0.3 is 19.4 Å². The van der Waals surface area contributed by atoms with Crippen LogP contribution in [0.4, 0.5) is 0 Å². The number of nitrogens with one attached hydrogen (secondary N) is 1. The molecule has 1 N–H and O–H groups in total. The molecule has 1 saturated heterocycles. The molecule has 3 aromatic rings. The predicted octanol–water partition coefficient (Wildman–Crippen LogP) is 1.78. The normalized spacial score (nSPS) is 20.3. The predicted molar refractivity (Wildman–Crippen MR) is 95.9 cm³/mol. The number of benzene rings is 1. The van der Waals surface area contributed by atoms with Gasteiger partial charge in [0.1, 0.15) is 17.3 Å². The Morgan fingerprint density at radius 3 is 3.04 bits per heavy atom. The number of aryl methyl sites for hydroxylation is 1. The molecular weight excluding hydrogens is 332 g/mol. The van der Waals surface area contributed by atoms with E-state index < -0.39 is 0 Å². The third kappa shape index (κ3) is 3.36. The number of rotatable bonds is 5. The molecule has 7 nitrogen and oxygen atoms in total. The number of aromatic nitrogens is 3. The first-order valence-corrected chi connectivity index (χ1v) is 8.75. The molecule has 3 heterocycles. The van der Waals surface area contributed by atoms with Crippen LogP contribution in [0.1, 0.15) is 22.3 Å². The lowest BCUT2D eigenvalue weighted by atomic mass is 10.1. The molecule has 1 aliphatic heterocycles. The summed E-state index contributed by atoms with van der Waals surface area (Å²) in [7, 11) is 1.90. The van der Waals surface area contributed by atoms with Crippen molar-refractivity contribution in [3.05, 3.63) is 60.0 Å². The van der Waals surface area contributed by atoms with Gasteiger partial charge in [-0.2, -0.15) is 5.10 Å². The molecule has 0 bridgehead atoms. The zero-order valence-corrected chi connectivity index (χ0v) is 14.7. The number of nitrogens with zero attached hydrogens (tertiary/aromatic N) is 3. The van der Waals surface area contributed by atoms with Gasteiger partial charge in [-0.05, 0) is 12.0 Å². The first-order valence-electron chi connectivity index (χ1n) is 8.75. The molecule has 0 saturated carbocycles. The maximum absolute atomic E-state index is 12.8. The van der Waals surface area contributed by atoms with Crippen molar-refractivity contribution in [1.29, 1.82) is 0 Å². The molecule has 7 heteroatoms. The molecule has 1 aromatic carbocycles. The Morgan fingerprint density at radius 2 is 2.19 bits per heavy atom. The highest BCUT2D eigenvalue weighted by molar-refractivity contribution is 6.00. The van der Waals surface area contributed by atoms with Gasteiger partial charge in [0.15, 0.2) is 0 Å². The smallest absolute Gasteiger partial charge is 0.257 e. The number of hydrogen-bond donors (Lipinski definition) is 1. The van der Waals surface area contributed by atoms with Gasteiger partial charge in [0.05, 0.1) is 25.5 Å². The Morgan fingerprint density at radius 1 is 1.35 bits per heavy atom. The minimum atomic E-state index is -0.174. The molecule has 0 radical (unpaired) electrons. The summed E-state index contributed by atoms with van der Waals surface area (Å²) in [6, 6.07) is 9.91. The maximum atomic E-state index is 12.8. The monoisotopic (exact) mass is 354 g/mol. The summed E-state index contributed by atoms with van der Waals surface area (Å²) in [5, 5.41) is 7.33. The molecule has 4 rings (SSSR count). The van der Waals surface area contributed by atoms with Crippen LogP contribution in [0.15, 0.2) is 48.9 Å². The van der Waals surface area contributed by atoms with Crippen molar-refractivity contribution >= 4 is 11.6 Å². The summed E-state index contributed by atoms with van der Waals surface area (Å²) < 4.78 is 15.2. The van der Waals surface area contributed by atoms with Crippen LogP contribution in [-0.4, -0.2) is 45.4 Å².